The first kappa shape index (κ1) is 49.9. The van der Waals surface area contributed by atoms with Crippen molar-refractivity contribution in [1.29, 1.82) is 0 Å². The Balaban J connectivity index is 0.000000147. The highest BCUT2D eigenvalue weighted by Gasteiger charge is 2.26. The van der Waals surface area contributed by atoms with Gasteiger partial charge in [-0.3, -0.25) is 0 Å². The summed E-state index contributed by atoms with van der Waals surface area (Å²) in [6, 6.07) is 51.5. The van der Waals surface area contributed by atoms with E-state index in [0.29, 0.717) is 22.8 Å². The number of hydrogen-bond donors (Lipinski definition) is 6. The van der Waals surface area contributed by atoms with Gasteiger partial charge in [-0.1, -0.05) is 103 Å². The molecule has 0 aliphatic heterocycles. The second kappa shape index (κ2) is 21.0. The molecule has 74 heavy (non-hydrogen) atoms. The van der Waals surface area contributed by atoms with Gasteiger partial charge in [0.25, 0.3) is 0 Å². The number of phenols is 6. The third-order valence-corrected chi connectivity index (χ3v) is 12.4. The number of aromatic nitrogens is 6. The Morgan fingerprint density at radius 2 is 0.581 bits per heavy atom. The van der Waals surface area contributed by atoms with Crippen molar-refractivity contribution in [2.45, 2.75) is 0 Å². The van der Waals surface area contributed by atoms with Crippen molar-refractivity contribution in [2.75, 3.05) is 0 Å². The molecule has 2 aromatic heterocycles. The SMILES string of the molecule is Clc1nc(Cl)nc(-c2ccc3c4c(cccc24)-c2ccccc2-3)n1.Oc1ccc(-c2nc(-c3ccc(O)cc3O)nc(-c3ccc4c5c(cccc35)-c3ccccc3-4)n2)c(O)c1.Oc1cccc(O)c1.[Cl][Al]([Cl])[Cl]. The van der Waals surface area contributed by atoms with Gasteiger partial charge in [0.15, 0.2) is 23.3 Å². The second-order valence-electron chi connectivity index (χ2n) is 16.5. The number of fused-ring (bicyclic) bond motifs is 6. The number of phenolic OH excluding ortho intramolecular Hbond substituents is 6. The molecule has 0 radical (unpaired) electrons. The van der Waals surface area contributed by atoms with Crippen LogP contribution in [-0.4, -0.2) is 71.9 Å². The molecular formula is C56H34AlCl5N6O6. The predicted octanol–water partition coefficient (Wildman–Crippen LogP) is 14.9. The lowest BCUT2D eigenvalue weighted by Crippen LogP contribution is -2.01. The van der Waals surface area contributed by atoms with Crippen LogP contribution in [0.4, 0.5) is 0 Å². The van der Waals surface area contributed by atoms with E-state index in [1.807, 2.05) is 36.4 Å². The molecule has 18 heteroatoms. The van der Waals surface area contributed by atoms with Crippen molar-refractivity contribution in [2.24, 2.45) is 0 Å². The van der Waals surface area contributed by atoms with Gasteiger partial charge in [-0.2, -0.15) is 15.0 Å². The molecule has 13 rings (SSSR count). The highest BCUT2D eigenvalue weighted by molar-refractivity contribution is 7.54. The van der Waals surface area contributed by atoms with E-state index < -0.39 is 11.4 Å². The molecule has 0 amide bonds. The molecule has 2 heterocycles. The topological polar surface area (TPSA) is 199 Å². The highest BCUT2D eigenvalue weighted by atomic mass is 35.8. The summed E-state index contributed by atoms with van der Waals surface area (Å²) in [5, 5.41) is 62.6. The normalized spacial score (nSPS) is 11.1. The van der Waals surface area contributed by atoms with Crippen LogP contribution < -0.4 is 0 Å². The minimum Gasteiger partial charge on any atom is -0.508 e. The largest absolute Gasteiger partial charge is 0.643 e. The molecule has 11 aromatic rings. The Morgan fingerprint density at radius 1 is 0.284 bits per heavy atom. The fraction of sp³-hybridized carbons (Fsp3) is 0. The Hall–Kier alpha value is -7.70. The zero-order valence-electron chi connectivity index (χ0n) is 38.0. The van der Waals surface area contributed by atoms with Gasteiger partial charge in [0.1, 0.15) is 34.5 Å². The van der Waals surface area contributed by atoms with E-state index in [4.69, 9.17) is 73.5 Å². The molecule has 0 saturated carbocycles. The molecule has 2 aliphatic rings. The van der Waals surface area contributed by atoms with Gasteiger partial charge in [0.05, 0.1) is 11.1 Å². The van der Waals surface area contributed by atoms with Crippen LogP contribution in [0.3, 0.4) is 0 Å². The van der Waals surface area contributed by atoms with Crippen LogP contribution in [0, 0.1) is 0 Å². The maximum atomic E-state index is 10.6. The summed E-state index contributed by atoms with van der Waals surface area (Å²) in [6.07, 6.45) is 0. The zero-order chi connectivity index (χ0) is 51.8. The smallest absolute Gasteiger partial charge is 0.508 e. The third-order valence-electron chi connectivity index (χ3n) is 12.1. The van der Waals surface area contributed by atoms with Crippen molar-refractivity contribution < 1.29 is 30.6 Å². The highest BCUT2D eigenvalue weighted by Crippen LogP contribution is 2.50. The Morgan fingerprint density at radius 3 is 0.946 bits per heavy atom. The molecular weight excluding hydrogens is 1060 g/mol. The first-order chi connectivity index (χ1) is 35.7. The molecule has 12 nitrogen and oxygen atoms in total. The van der Waals surface area contributed by atoms with Crippen molar-refractivity contribution in [3.8, 4) is 125 Å². The molecule has 9 aromatic carbocycles. The number of nitrogens with zero attached hydrogens (tertiary/aromatic N) is 6. The molecule has 0 bridgehead atoms. The monoisotopic (exact) mass is 1090 g/mol. The van der Waals surface area contributed by atoms with Gasteiger partial charge in [-0.25, -0.2) is 45.1 Å². The predicted molar refractivity (Wildman–Crippen MR) is 295 cm³/mol. The van der Waals surface area contributed by atoms with Crippen molar-refractivity contribution >= 4 is 86.3 Å². The van der Waals surface area contributed by atoms with Gasteiger partial charge in [0, 0.05) is 29.3 Å². The van der Waals surface area contributed by atoms with E-state index >= 15 is 0 Å². The molecule has 362 valence electrons. The van der Waals surface area contributed by atoms with Gasteiger partial charge in [0.2, 0.25) is 10.6 Å². The van der Waals surface area contributed by atoms with Crippen molar-refractivity contribution in [3.63, 3.8) is 0 Å². The van der Waals surface area contributed by atoms with Gasteiger partial charge in [-0.15, -0.1) is 0 Å². The lowest BCUT2D eigenvalue weighted by Gasteiger charge is -2.12. The second-order valence-corrected chi connectivity index (χ2v) is 23.7. The van der Waals surface area contributed by atoms with Crippen molar-refractivity contribution in [3.05, 3.63) is 180 Å². The molecule has 0 unspecified atom stereocenters. The number of benzene rings is 9. The standard InChI is InChI=1S/C31H19N3O4.C19H9Cl2N3.C6H6O2.Al.3ClH/c35-16-8-10-24(26(37)14-16)30-32-29(33-31(34-30)25-11-9-17(36)15-27(25)38)23-13-12-22-19-5-2-1-4-18(19)20-6-3-7-21(23)28(20)22;20-18-22-17(23-19(21)24-18)15-9-8-14-11-5-2-1-4-10(11)12-6-3-7-13(15)16(12)14;7-5-2-1-3-6(8)4-5;;;;/h1-15,35-38H;1-9H;1-4,7-8H;;3*1H/q;;;+3;;;/p-3. The number of halogens is 5. The van der Waals surface area contributed by atoms with Crippen LogP contribution in [-0.2, 0) is 0 Å². The molecule has 0 fully saturated rings. The number of rotatable bonds is 4. The van der Waals surface area contributed by atoms with Crippen LogP contribution in [0.2, 0.25) is 10.6 Å². The lowest BCUT2D eigenvalue weighted by atomic mass is 9.98. The molecule has 0 spiro atoms. The van der Waals surface area contributed by atoms with Crippen molar-refractivity contribution in [1.82, 2.24) is 29.9 Å². The molecule has 0 atom stereocenters. The van der Waals surface area contributed by atoms with Crippen LogP contribution in [0.1, 0.15) is 0 Å². The summed E-state index contributed by atoms with van der Waals surface area (Å²) in [4.78, 5) is 26.3. The fourth-order valence-electron chi connectivity index (χ4n) is 9.10. The average molecular weight is 1090 g/mol. The average Bonchev–Trinajstić information content (AvgIpc) is 3.88. The van der Waals surface area contributed by atoms with E-state index in [1.165, 1.54) is 93.4 Å². The number of aromatic hydroxyl groups is 6. The van der Waals surface area contributed by atoms with E-state index in [1.54, 1.807) is 6.07 Å². The van der Waals surface area contributed by atoms with Crippen LogP contribution in [0.25, 0.3) is 112 Å². The van der Waals surface area contributed by atoms with E-state index in [9.17, 15) is 20.4 Å². The van der Waals surface area contributed by atoms with E-state index in [2.05, 4.69) is 92.7 Å². The Kier molecular flexibility index (Phi) is 14.2. The van der Waals surface area contributed by atoms with Crippen LogP contribution in [0.15, 0.2) is 170 Å². The summed E-state index contributed by atoms with van der Waals surface area (Å²) >= 11 is 10.2. The fourth-order valence-corrected chi connectivity index (χ4v) is 9.47. The van der Waals surface area contributed by atoms with Crippen LogP contribution in [0.5, 0.6) is 34.5 Å². The summed E-state index contributed by atoms with van der Waals surface area (Å²) in [7, 11) is 14.8. The van der Waals surface area contributed by atoms with Gasteiger partial charge < -0.3 is 30.6 Å². The summed E-state index contributed by atoms with van der Waals surface area (Å²) in [5.74, 6) is 0.771. The summed E-state index contributed by atoms with van der Waals surface area (Å²) < 4.78 is 0. The van der Waals surface area contributed by atoms with Gasteiger partial charge >= 0.3 is 11.4 Å². The Bertz CT molecular complexity index is 3830. The Labute approximate surface area is 448 Å². The van der Waals surface area contributed by atoms with E-state index in [0.717, 1.165) is 38.4 Å². The lowest BCUT2D eigenvalue weighted by molar-refractivity contribution is 0.449. The molecule has 6 N–H and O–H groups in total. The molecule has 0 saturated heterocycles. The van der Waals surface area contributed by atoms with E-state index in [-0.39, 0.29) is 56.7 Å². The quantitative estimate of drug-likeness (QED) is 0.0913. The first-order valence-corrected chi connectivity index (χ1v) is 28.3. The summed E-state index contributed by atoms with van der Waals surface area (Å²) in [6.45, 7) is 0. The third kappa shape index (κ3) is 10.0. The zero-order valence-corrected chi connectivity index (χ0v) is 42.9. The minimum atomic E-state index is -1.72. The first-order valence-electron chi connectivity index (χ1n) is 22.3. The maximum absolute atomic E-state index is 10.6. The van der Waals surface area contributed by atoms with Gasteiger partial charge in [-0.05, 0) is 138 Å². The number of hydrogen-bond acceptors (Lipinski definition) is 12. The molecule has 2 aliphatic carbocycles. The maximum Gasteiger partial charge on any atom is 0.643 e. The minimum absolute atomic E-state index is 0.0880. The summed E-state index contributed by atoms with van der Waals surface area (Å²) in [5.41, 5.74) is 11.8. The van der Waals surface area contributed by atoms with Crippen LogP contribution >= 0.6 is 53.3 Å².